The van der Waals surface area contributed by atoms with Gasteiger partial charge in [-0.2, -0.15) is 0 Å². The van der Waals surface area contributed by atoms with Gasteiger partial charge in [0.1, 0.15) is 23.3 Å². The molecule has 3 aromatic heterocycles. The molecule has 3 saturated carbocycles. The van der Waals surface area contributed by atoms with E-state index in [0.717, 1.165) is 67.3 Å². The Labute approximate surface area is 253 Å². The first-order valence-electron chi connectivity index (χ1n) is 15.8. The Balaban J connectivity index is 1.22. The van der Waals surface area contributed by atoms with Crippen molar-refractivity contribution in [3.05, 3.63) is 81.3 Å². The average Bonchev–Trinajstić information content (AvgIpc) is 3.94. The molecule has 4 fully saturated rings. The lowest BCUT2D eigenvalue weighted by molar-refractivity contribution is 0.0400. The van der Waals surface area contributed by atoms with Gasteiger partial charge in [-0.05, 0) is 97.9 Å². The maximum absolute atomic E-state index is 14.4. The number of alkyl halides is 1. The van der Waals surface area contributed by atoms with Crippen molar-refractivity contribution >= 4 is 16.8 Å². The molecule has 1 amide bonds. The minimum Gasteiger partial charge on any atom is -0.392 e. The molecule has 8 rings (SSSR count). The standard InChI is InChI=1S/C34H35F2N5O3/c35-21-8-9-24(26(12-21)33(43)40-15-22(36)16-40)20-10-29(19-6-7-19)39-31(11-20)41-17-27(18-4-5-18)25-13-23(38-32(25)34(41)44)14-37-28-2-1-3-30(28)42/h8-13,17-19,22,28,30,37-38,42H,1-7,14-16H2/t28-,30+/m0/s1. The van der Waals surface area contributed by atoms with E-state index in [9.17, 15) is 23.5 Å². The van der Waals surface area contributed by atoms with Gasteiger partial charge in [-0.25, -0.2) is 13.8 Å². The fourth-order valence-corrected chi connectivity index (χ4v) is 6.81. The number of H-pyrrole nitrogens is 1. The van der Waals surface area contributed by atoms with E-state index in [-0.39, 0.29) is 42.3 Å². The quantitative estimate of drug-likeness (QED) is 0.263. The zero-order valence-corrected chi connectivity index (χ0v) is 24.4. The predicted molar refractivity (Wildman–Crippen MR) is 162 cm³/mol. The second-order valence-corrected chi connectivity index (χ2v) is 13.0. The van der Waals surface area contributed by atoms with Crippen molar-refractivity contribution in [3.8, 4) is 16.9 Å². The molecule has 4 aromatic rings. The van der Waals surface area contributed by atoms with Gasteiger partial charge in [0.05, 0.1) is 24.8 Å². The monoisotopic (exact) mass is 599 g/mol. The maximum atomic E-state index is 14.4. The summed E-state index contributed by atoms with van der Waals surface area (Å²) in [5, 5.41) is 14.6. The first-order chi connectivity index (χ1) is 21.3. The number of amides is 1. The molecule has 0 bridgehead atoms. The van der Waals surface area contributed by atoms with E-state index >= 15 is 0 Å². The summed E-state index contributed by atoms with van der Waals surface area (Å²) < 4.78 is 29.6. The number of halogens is 2. The van der Waals surface area contributed by atoms with Crippen LogP contribution in [0.1, 0.15) is 84.1 Å². The SMILES string of the molecule is O=C(c1cc(F)ccc1-c1cc(C2CC2)nc(-n2cc(C3CC3)c3cc(CN[C@H]4CCC[C@H]4O)[nH]c3c2=O)c1)N1CC(F)C1. The molecular weight excluding hydrogens is 564 g/mol. The summed E-state index contributed by atoms with van der Waals surface area (Å²) in [4.78, 5) is 37.0. The number of aromatic nitrogens is 3. The van der Waals surface area contributed by atoms with Gasteiger partial charge in [0.2, 0.25) is 0 Å². The van der Waals surface area contributed by atoms with Crippen LogP contribution in [-0.4, -0.2) is 61.9 Å². The van der Waals surface area contributed by atoms with E-state index in [1.165, 1.54) is 17.0 Å². The molecular formula is C34H35F2N5O3. The fourth-order valence-electron chi connectivity index (χ4n) is 6.81. The highest BCUT2D eigenvalue weighted by molar-refractivity contribution is 6.01. The normalized spacial score (nSPS) is 22.1. The maximum Gasteiger partial charge on any atom is 0.280 e. The molecule has 44 heavy (non-hydrogen) atoms. The van der Waals surface area contributed by atoms with Crippen LogP contribution in [0.15, 0.2) is 47.4 Å². The molecule has 2 atom stereocenters. The Kier molecular flexibility index (Phi) is 6.68. The molecule has 10 heteroatoms. The van der Waals surface area contributed by atoms with Gasteiger partial charge in [0.15, 0.2) is 0 Å². The summed E-state index contributed by atoms with van der Waals surface area (Å²) in [6.07, 6.45) is 7.32. The van der Waals surface area contributed by atoms with Crippen molar-refractivity contribution in [2.24, 2.45) is 0 Å². The molecule has 1 aliphatic heterocycles. The van der Waals surface area contributed by atoms with Gasteiger partial charge >= 0.3 is 0 Å². The minimum atomic E-state index is -1.06. The minimum absolute atomic E-state index is 0.00203. The van der Waals surface area contributed by atoms with Crippen LogP contribution in [0, 0.1) is 5.82 Å². The molecule has 1 aromatic carbocycles. The highest BCUT2D eigenvalue weighted by atomic mass is 19.1. The first kappa shape index (κ1) is 27.6. The van der Waals surface area contributed by atoms with E-state index in [0.29, 0.717) is 34.9 Å². The number of carbonyl (C=O) groups excluding carboxylic acids is 1. The van der Waals surface area contributed by atoms with Gasteiger partial charge in [0.25, 0.3) is 11.5 Å². The van der Waals surface area contributed by atoms with Crippen LogP contribution in [0.4, 0.5) is 8.78 Å². The third kappa shape index (κ3) is 5.03. The summed E-state index contributed by atoms with van der Waals surface area (Å²) in [7, 11) is 0. The molecule has 3 aliphatic carbocycles. The molecule has 8 nitrogen and oxygen atoms in total. The summed E-state index contributed by atoms with van der Waals surface area (Å²) >= 11 is 0. The predicted octanol–water partition coefficient (Wildman–Crippen LogP) is 5.07. The van der Waals surface area contributed by atoms with Crippen LogP contribution in [0.5, 0.6) is 0 Å². The molecule has 4 aliphatic rings. The average molecular weight is 600 g/mol. The van der Waals surface area contributed by atoms with Crippen LogP contribution in [0.2, 0.25) is 0 Å². The van der Waals surface area contributed by atoms with Gasteiger partial charge in [-0.15, -0.1) is 0 Å². The van der Waals surface area contributed by atoms with E-state index < -0.39 is 17.9 Å². The summed E-state index contributed by atoms with van der Waals surface area (Å²) in [6, 6.07) is 9.94. The van der Waals surface area contributed by atoms with Crippen LogP contribution in [-0.2, 0) is 6.54 Å². The van der Waals surface area contributed by atoms with Crippen LogP contribution < -0.4 is 10.9 Å². The Morgan fingerprint density at radius 2 is 1.84 bits per heavy atom. The Morgan fingerprint density at radius 1 is 1.05 bits per heavy atom. The lowest BCUT2D eigenvalue weighted by Crippen LogP contribution is -2.51. The number of benzene rings is 1. The number of fused-ring (bicyclic) bond motifs is 1. The van der Waals surface area contributed by atoms with Crippen molar-refractivity contribution in [2.45, 2.75) is 81.6 Å². The number of aliphatic hydroxyl groups excluding tert-OH is 1. The van der Waals surface area contributed by atoms with Crippen LogP contribution in [0.3, 0.4) is 0 Å². The number of pyridine rings is 2. The topological polar surface area (TPSA) is 103 Å². The van der Waals surface area contributed by atoms with E-state index in [4.69, 9.17) is 4.98 Å². The number of hydrogen-bond donors (Lipinski definition) is 3. The number of hydrogen-bond acceptors (Lipinski definition) is 5. The third-order valence-corrected chi connectivity index (χ3v) is 9.66. The highest BCUT2D eigenvalue weighted by Gasteiger charge is 2.34. The van der Waals surface area contributed by atoms with E-state index in [1.807, 2.05) is 12.3 Å². The summed E-state index contributed by atoms with van der Waals surface area (Å²) in [5.41, 5.74) is 4.51. The second-order valence-electron chi connectivity index (χ2n) is 13.0. The number of carbonyl (C=O) groups is 1. The first-order valence-corrected chi connectivity index (χ1v) is 15.8. The number of nitrogens with zero attached hydrogens (tertiary/aromatic N) is 3. The number of aliphatic hydroxyl groups is 1. The van der Waals surface area contributed by atoms with E-state index in [2.05, 4.69) is 16.4 Å². The highest BCUT2D eigenvalue weighted by Crippen LogP contribution is 2.44. The van der Waals surface area contributed by atoms with Gasteiger partial charge in [0, 0.05) is 41.5 Å². The Bertz CT molecular complexity index is 1840. The van der Waals surface area contributed by atoms with Crippen molar-refractivity contribution in [2.75, 3.05) is 13.1 Å². The molecule has 228 valence electrons. The smallest absolute Gasteiger partial charge is 0.280 e. The third-order valence-electron chi connectivity index (χ3n) is 9.66. The second kappa shape index (κ2) is 10.6. The molecule has 0 spiro atoms. The van der Waals surface area contributed by atoms with E-state index in [1.54, 1.807) is 16.7 Å². The zero-order valence-electron chi connectivity index (χ0n) is 24.4. The lowest BCUT2D eigenvalue weighted by atomic mass is 9.96. The number of rotatable bonds is 8. The van der Waals surface area contributed by atoms with Crippen molar-refractivity contribution in [1.82, 2.24) is 24.8 Å². The number of aromatic amines is 1. The van der Waals surface area contributed by atoms with Gasteiger partial charge in [-0.3, -0.25) is 14.2 Å². The van der Waals surface area contributed by atoms with Crippen molar-refractivity contribution in [3.63, 3.8) is 0 Å². The molecule has 0 unspecified atom stereocenters. The summed E-state index contributed by atoms with van der Waals surface area (Å²) in [5.74, 6) is 0.124. The Hall–Kier alpha value is -3.89. The van der Waals surface area contributed by atoms with Crippen molar-refractivity contribution in [1.29, 1.82) is 0 Å². The molecule has 0 radical (unpaired) electrons. The zero-order chi connectivity index (χ0) is 30.1. The largest absolute Gasteiger partial charge is 0.392 e. The fraction of sp³-hybridized carbons (Fsp3) is 0.441. The number of nitrogens with one attached hydrogen (secondary N) is 2. The van der Waals surface area contributed by atoms with Gasteiger partial charge < -0.3 is 20.3 Å². The lowest BCUT2D eigenvalue weighted by Gasteiger charge is -2.34. The van der Waals surface area contributed by atoms with Crippen LogP contribution >= 0.6 is 0 Å². The van der Waals surface area contributed by atoms with Crippen LogP contribution in [0.25, 0.3) is 27.8 Å². The Morgan fingerprint density at radius 3 is 2.55 bits per heavy atom. The summed E-state index contributed by atoms with van der Waals surface area (Å²) in [6.45, 7) is 0.525. The molecule has 4 heterocycles. The number of likely N-dealkylation sites (tertiary alicyclic amines) is 1. The molecule has 1 saturated heterocycles. The van der Waals surface area contributed by atoms with Crippen molar-refractivity contribution < 1.29 is 18.7 Å². The van der Waals surface area contributed by atoms with Gasteiger partial charge in [-0.1, -0.05) is 6.07 Å². The molecule has 3 N–H and O–H groups in total.